The Bertz CT molecular complexity index is 21.0. The third-order valence-electron chi connectivity index (χ3n) is 1.33. The first kappa shape index (κ1) is 87.3. The SMILES string of the molecule is CC.CC.CC.CC.CC.CC.CC.CC.CC.CC.CC.CC.CC(C)C(C)C. The molecule has 206 valence electrons. The molecule has 0 heterocycles. The molecule has 0 radical (unpaired) electrons. The van der Waals surface area contributed by atoms with Crippen LogP contribution in [0.1, 0.15) is 194 Å². The molecule has 0 saturated carbocycles. The van der Waals surface area contributed by atoms with Gasteiger partial charge < -0.3 is 0 Å². The van der Waals surface area contributed by atoms with Crippen LogP contribution in [-0.4, -0.2) is 0 Å². The van der Waals surface area contributed by atoms with Crippen molar-refractivity contribution in [3.63, 3.8) is 0 Å². The highest BCUT2D eigenvalue weighted by Crippen LogP contribution is 2.05. The number of hydrogen-bond donors (Lipinski definition) is 0. The van der Waals surface area contributed by atoms with Crippen LogP contribution in [0.15, 0.2) is 0 Å². The van der Waals surface area contributed by atoms with Crippen molar-refractivity contribution >= 4 is 0 Å². The van der Waals surface area contributed by atoms with Crippen molar-refractivity contribution in [2.45, 2.75) is 194 Å². The Morgan fingerprint density at radius 3 is 0.200 bits per heavy atom. The second-order valence-electron chi connectivity index (χ2n) is 2.49. The van der Waals surface area contributed by atoms with E-state index in [4.69, 9.17) is 0 Å². The predicted octanol–water partition coefficient (Wildman–Crippen LogP) is 14.6. The highest BCUT2D eigenvalue weighted by atomic mass is 14.0. The fourth-order valence-electron chi connectivity index (χ4n) is 0. The molecule has 0 aromatic carbocycles. The van der Waals surface area contributed by atoms with Crippen LogP contribution in [0.2, 0.25) is 0 Å². The van der Waals surface area contributed by atoms with Gasteiger partial charge in [0.25, 0.3) is 0 Å². The zero-order valence-corrected chi connectivity index (χ0v) is 29.2. The van der Waals surface area contributed by atoms with E-state index in [2.05, 4.69) is 27.7 Å². The van der Waals surface area contributed by atoms with Crippen LogP contribution in [0, 0.1) is 11.8 Å². The Balaban J connectivity index is -0.00000000984. The topological polar surface area (TPSA) is 0 Å². The lowest BCUT2D eigenvalue weighted by atomic mass is 10.0. The Hall–Kier alpha value is 0. The van der Waals surface area contributed by atoms with Crippen molar-refractivity contribution in [2.75, 3.05) is 0 Å². The van der Waals surface area contributed by atoms with Crippen molar-refractivity contribution in [1.29, 1.82) is 0 Å². The molecule has 0 aromatic rings. The molecular weight excluding hydrogens is 360 g/mol. The molecule has 30 heavy (non-hydrogen) atoms. The zero-order chi connectivity index (χ0) is 29.2. The maximum Gasteiger partial charge on any atom is -0.0448 e. The second-order valence-corrected chi connectivity index (χ2v) is 2.49. The predicted molar refractivity (Wildman–Crippen MR) is 166 cm³/mol. The van der Waals surface area contributed by atoms with E-state index in [1.807, 2.05) is 166 Å². The second kappa shape index (κ2) is 632. The lowest BCUT2D eigenvalue weighted by Gasteiger charge is -2.05. The first-order chi connectivity index (χ1) is 14.6. The van der Waals surface area contributed by atoms with Crippen molar-refractivity contribution in [3.05, 3.63) is 0 Å². The van der Waals surface area contributed by atoms with Gasteiger partial charge in [-0.2, -0.15) is 0 Å². The van der Waals surface area contributed by atoms with Crippen molar-refractivity contribution in [2.24, 2.45) is 11.8 Å². The van der Waals surface area contributed by atoms with Crippen LogP contribution >= 0.6 is 0 Å². The minimum atomic E-state index is 0.852. The summed E-state index contributed by atoms with van der Waals surface area (Å²) < 4.78 is 0. The van der Waals surface area contributed by atoms with Crippen LogP contribution < -0.4 is 0 Å². The Morgan fingerprint density at radius 2 is 0.200 bits per heavy atom. The molecule has 0 aliphatic rings. The average Bonchev–Trinajstić information content (AvgIpc) is 2.93. The minimum absolute atomic E-state index is 0.852. The Kier molecular flexibility index (Phi) is 1840. The molecular formula is C30H86. The summed E-state index contributed by atoms with van der Waals surface area (Å²) in [7, 11) is 0. The van der Waals surface area contributed by atoms with E-state index in [0.29, 0.717) is 0 Å². The quantitative estimate of drug-likeness (QED) is 0.375. The number of hydrogen-bond acceptors (Lipinski definition) is 0. The first-order valence-corrected chi connectivity index (χ1v) is 14.6. The summed E-state index contributed by atoms with van der Waals surface area (Å²) in [5.41, 5.74) is 0. The van der Waals surface area contributed by atoms with Crippen LogP contribution in [-0.2, 0) is 0 Å². The summed E-state index contributed by atoms with van der Waals surface area (Å²) in [6, 6.07) is 0. The van der Waals surface area contributed by atoms with Crippen LogP contribution in [0.5, 0.6) is 0 Å². The lowest BCUT2D eigenvalue weighted by molar-refractivity contribution is 0.457. The number of rotatable bonds is 1. The summed E-state index contributed by atoms with van der Waals surface area (Å²) in [5, 5.41) is 0. The average molecular weight is 447 g/mol. The van der Waals surface area contributed by atoms with Crippen LogP contribution in [0.25, 0.3) is 0 Å². The third-order valence-corrected chi connectivity index (χ3v) is 1.33. The molecule has 0 fully saturated rings. The molecule has 0 unspecified atom stereocenters. The highest BCUT2D eigenvalue weighted by molar-refractivity contribution is 4.46. The largest absolute Gasteiger partial charge is 0.0683 e. The van der Waals surface area contributed by atoms with Gasteiger partial charge in [-0.1, -0.05) is 194 Å². The van der Waals surface area contributed by atoms with E-state index in [1.165, 1.54) is 0 Å². The molecule has 0 aliphatic heterocycles. The van der Waals surface area contributed by atoms with E-state index < -0.39 is 0 Å². The molecule has 0 spiro atoms. The maximum atomic E-state index is 2.24. The fraction of sp³-hybridized carbons (Fsp3) is 1.00. The molecule has 0 N–H and O–H groups in total. The van der Waals surface area contributed by atoms with E-state index in [-0.39, 0.29) is 0 Å². The van der Waals surface area contributed by atoms with E-state index in [9.17, 15) is 0 Å². The van der Waals surface area contributed by atoms with Gasteiger partial charge in [-0.25, -0.2) is 0 Å². The molecule has 0 nitrogen and oxygen atoms in total. The molecule has 0 amide bonds. The molecule has 0 saturated heterocycles. The monoisotopic (exact) mass is 447 g/mol. The molecule has 0 atom stereocenters. The smallest absolute Gasteiger partial charge is 0.0448 e. The van der Waals surface area contributed by atoms with Gasteiger partial charge >= 0.3 is 0 Å². The van der Waals surface area contributed by atoms with Crippen molar-refractivity contribution in [3.8, 4) is 0 Å². The molecule has 0 bridgehead atoms. The Labute approximate surface area is 205 Å². The zero-order valence-electron chi connectivity index (χ0n) is 29.2. The van der Waals surface area contributed by atoms with Crippen LogP contribution in [0.4, 0.5) is 0 Å². The summed E-state index contributed by atoms with van der Waals surface area (Å²) in [6.07, 6.45) is 0. The molecule has 0 aliphatic carbocycles. The lowest BCUT2D eigenvalue weighted by Crippen LogP contribution is -1.95. The molecule has 0 aromatic heterocycles. The summed E-state index contributed by atoms with van der Waals surface area (Å²) in [4.78, 5) is 0. The van der Waals surface area contributed by atoms with Gasteiger partial charge in [0, 0.05) is 0 Å². The molecule has 0 rings (SSSR count). The van der Waals surface area contributed by atoms with Gasteiger partial charge in [0.2, 0.25) is 0 Å². The van der Waals surface area contributed by atoms with Gasteiger partial charge in [0.1, 0.15) is 0 Å². The van der Waals surface area contributed by atoms with Gasteiger partial charge in [0.15, 0.2) is 0 Å². The van der Waals surface area contributed by atoms with Crippen LogP contribution in [0.3, 0.4) is 0 Å². The van der Waals surface area contributed by atoms with Gasteiger partial charge in [0.05, 0.1) is 0 Å². The molecule has 0 heteroatoms. The van der Waals surface area contributed by atoms with Gasteiger partial charge in [-0.05, 0) is 11.8 Å². The normalized spacial score (nSPS) is 4.60. The maximum absolute atomic E-state index is 2.24. The van der Waals surface area contributed by atoms with E-state index >= 15 is 0 Å². The van der Waals surface area contributed by atoms with E-state index in [1.54, 1.807) is 0 Å². The summed E-state index contributed by atoms with van der Waals surface area (Å²) in [5.74, 6) is 1.70. The Morgan fingerprint density at radius 1 is 0.167 bits per heavy atom. The van der Waals surface area contributed by atoms with Gasteiger partial charge in [-0.15, -0.1) is 0 Å². The van der Waals surface area contributed by atoms with E-state index in [0.717, 1.165) is 11.8 Å². The summed E-state index contributed by atoms with van der Waals surface area (Å²) in [6.45, 7) is 57.0. The fourth-order valence-corrected chi connectivity index (χ4v) is 0. The minimum Gasteiger partial charge on any atom is -0.0683 e. The first-order valence-electron chi connectivity index (χ1n) is 14.6. The highest BCUT2D eigenvalue weighted by Gasteiger charge is 1.95. The van der Waals surface area contributed by atoms with Crippen molar-refractivity contribution < 1.29 is 0 Å². The summed E-state index contributed by atoms with van der Waals surface area (Å²) >= 11 is 0. The van der Waals surface area contributed by atoms with Gasteiger partial charge in [-0.3, -0.25) is 0 Å². The standard InChI is InChI=1S/C6H14.12C2H6/c1-5(2)6(3)4;12*1-2/h5-6H,1-4H3;12*1-2H3. The van der Waals surface area contributed by atoms with Crippen molar-refractivity contribution in [1.82, 2.24) is 0 Å². The third kappa shape index (κ3) is 1280.